The second kappa shape index (κ2) is 5.67. The van der Waals surface area contributed by atoms with Gasteiger partial charge in [-0.05, 0) is 37.1 Å². The number of nitrogens with zero attached hydrogens (tertiary/aromatic N) is 1. The summed E-state index contributed by atoms with van der Waals surface area (Å²) >= 11 is 1.66. The van der Waals surface area contributed by atoms with Crippen LogP contribution in [-0.2, 0) is 17.8 Å². The van der Waals surface area contributed by atoms with Gasteiger partial charge in [-0.1, -0.05) is 23.8 Å². The molecule has 0 saturated heterocycles. The molecule has 4 heteroatoms. The first-order chi connectivity index (χ1) is 9.72. The van der Waals surface area contributed by atoms with E-state index in [1.54, 1.807) is 18.0 Å². The Balaban J connectivity index is 1.60. The molecule has 1 aliphatic rings. The predicted molar refractivity (Wildman–Crippen MR) is 80.6 cm³/mol. The zero-order valence-electron chi connectivity index (χ0n) is 11.3. The molecule has 20 heavy (non-hydrogen) atoms. The van der Waals surface area contributed by atoms with Crippen LogP contribution in [-0.4, -0.2) is 16.1 Å². The van der Waals surface area contributed by atoms with Crippen molar-refractivity contribution in [3.63, 3.8) is 0 Å². The van der Waals surface area contributed by atoms with Crippen LogP contribution in [0, 0.1) is 6.92 Å². The molecule has 0 radical (unpaired) electrons. The van der Waals surface area contributed by atoms with Crippen molar-refractivity contribution in [1.29, 1.82) is 0 Å². The van der Waals surface area contributed by atoms with E-state index in [1.807, 2.05) is 18.2 Å². The largest absolute Gasteiger partial charge is 0.349 e. The van der Waals surface area contributed by atoms with Gasteiger partial charge in [0.2, 0.25) is 5.91 Å². The van der Waals surface area contributed by atoms with Crippen LogP contribution in [0.25, 0.3) is 0 Å². The number of hydrogen-bond acceptors (Lipinski definition) is 3. The second-order valence-electron chi connectivity index (χ2n) is 4.96. The topological polar surface area (TPSA) is 42.0 Å². The van der Waals surface area contributed by atoms with E-state index < -0.39 is 0 Å². The molecule has 1 aliphatic heterocycles. The summed E-state index contributed by atoms with van der Waals surface area (Å²) in [5.41, 5.74) is 3.40. The van der Waals surface area contributed by atoms with Gasteiger partial charge in [-0.3, -0.25) is 9.78 Å². The maximum absolute atomic E-state index is 12.2. The van der Waals surface area contributed by atoms with Gasteiger partial charge in [-0.25, -0.2) is 0 Å². The van der Waals surface area contributed by atoms with E-state index in [0.717, 1.165) is 12.1 Å². The Morgan fingerprint density at radius 2 is 2.30 bits per heavy atom. The first-order valence-electron chi connectivity index (χ1n) is 6.66. The maximum Gasteiger partial charge on any atom is 0.234 e. The minimum absolute atomic E-state index is 0.0180. The van der Waals surface area contributed by atoms with Gasteiger partial charge in [0.1, 0.15) is 0 Å². The third kappa shape index (κ3) is 2.85. The summed E-state index contributed by atoms with van der Waals surface area (Å²) in [6.45, 7) is 2.57. The van der Waals surface area contributed by atoms with Crippen molar-refractivity contribution in [3.05, 3.63) is 59.4 Å². The second-order valence-corrected chi connectivity index (χ2v) is 6.21. The fourth-order valence-corrected chi connectivity index (χ4v) is 3.59. The van der Waals surface area contributed by atoms with Crippen LogP contribution in [0.2, 0.25) is 0 Å². The molecule has 1 aromatic heterocycles. The van der Waals surface area contributed by atoms with Crippen LogP contribution in [0.5, 0.6) is 0 Å². The number of rotatable bonds is 3. The Bertz CT molecular complexity index is 628. The first-order valence-corrected chi connectivity index (χ1v) is 7.54. The van der Waals surface area contributed by atoms with Crippen molar-refractivity contribution in [1.82, 2.24) is 10.3 Å². The van der Waals surface area contributed by atoms with Gasteiger partial charge in [0.25, 0.3) is 0 Å². The lowest BCUT2D eigenvalue weighted by Crippen LogP contribution is -2.32. The summed E-state index contributed by atoms with van der Waals surface area (Å²) in [5.74, 6) is 0.0921. The lowest BCUT2D eigenvalue weighted by Gasteiger charge is -2.09. The molecule has 0 bridgehead atoms. The van der Waals surface area contributed by atoms with Gasteiger partial charge >= 0.3 is 0 Å². The minimum atomic E-state index is -0.0180. The van der Waals surface area contributed by atoms with Gasteiger partial charge in [0, 0.05) is 11.1 Å². The molecule has 1 aromatic carbocycles. The monoisotopic (exact) mass is 284 g/mol. The Hall–Kier alpha value is -1.81. The summed E-state index contributed by atoms with van der Waals surface area (Å²) in [6.07, 6.45) is 2.55. The van der Waals surface area contributed by atoms with E-state index in [9.17, 15) is 4.79 Å². The average molecular weight is 284 g/mol. The third-order valence-corrected chi connectivity index (χ3v) is 4.66. The van der Waals surface area contributed by atoms with Crippen LogP contribution >= 0.6 is 11.8 Å². The third-order valence-electron chi connectivity index (χ3n) is 3.36. The number of thioether (sulfide) groups is 1. The molecule has 0 aliphatic carbocycles. The highest BCUT2D eigenvalue weighted by molar-refractivity contribution is 8.01. The summed E-state index contributed by atoms with van der Waals surface area (Å²) in [7, 11) is 0. The molecule has 1 amide bonds. The number of pyridine rings is 1. The Kier molecular flexibility index (Phi) is 3.74. The molecule has 102 valence electrons. The number of nitrogens with one attached hydrogen (secondary N) is 1. The number of carbonyl (C=O) groups is 1. The Morgan fingerprint density at radius 1 is 1.40 bits per heavy atom. The van der Waals surface area contributed by atoms with Gasteiger partial charge in [0.05, 0.1) is 17.5 Å². The number of carbonyl (C=O) groups excluding carboxylic acids is 1. The maximum atomic E-state index is 12.2. The Labute approximate surface area is 122 Å². The highest BCUT2D eigenvalue weighted by atomic mass is 32.2. The van der Waals surface area contributed by atoms with Crippen LogP contribution in [0.3, 0.4) is 0 Å². The molecule has 0 fully saturated rings. The number of aromatic nitrogens is 1. The van der Waals surface area contributed by atoms with Crippen molar-refractivity contribution >= 4 is 17.7 Å². The highest BCUT2D eigenvalue weighted by Crippen LogP contribution is 2.37. The number of hydrogen-bond donors (Lipinski definition) is 1. The van der Waals surface area contributed by atoms with Crippen molar-refractivity contribution in [3.8, 4) is 0 Å². The normalized spacial score (nSPS) is 16.8. The molecule has 1 atom stereocenters. The van der Waals surface area contributed by atoms with Crippen molar-refractivity contribution in [2.45, 2.75) is 30.0 Å². The molecule has 2 heterocycles. The summed E-state index contributed by atoms with van der Waals surface area (Å²) in [5, 5.41) is 2.95. The molecule has 0 unspecified atom stereocenters. The van der Waals surface area contributed by atoms with Crippen molar-refractivity contribution in [2.75, 3.05) is 0 Å². The van der Waals surface area contributed by atoms with E-state index in [-0.39, 0.29) is 11.2 Å². The van der Waals surface area contributed by atoms with Gasteiger partial charge in [0.15, 0.2) is 0 Å². The van der Waals surface area contributed by atoms with E-state index in [4.69, 9.17) is 0 Å². The van der Waals surface area contributed by atoms with Gasteiger partial charge < -0.3 is 5.32 Å². The van der Waals surface area contributed by atoms with Crippen molar-refractivity contribution in [2.24, 2.45) is 0 Å². The van der Waals surface area contributed by atoms with Gasteiger partial charge in [-0.2, -0.15) is 0 Å². The molecular formula is C16H16N2OS. The zero-order chi connectivity index (χ0) is 13.9. The summed E-state index contributed by atoms with van der Waals surface area (Å²) < 4.78 is 0. The Morgan fingerprint density at radius 3 is 3.10 bits per heavy atom. The molecule has 2 aromatic rings. The van der Waals surface area contributed by atoms with Crippen LogP contribution in [0.1, 0.15) is 16.8 Å². The van der Waals surface area contributed by atoms with Crippen molar-refractivity contribution < 1.29 is 4.79 Å². The lowest BCUT2D eigenvalue weighted by atomic mass is 10.1. The summed E-state index contributed by atoms with van der Waals surface area (Å²) in [4.78, 5) is 17.7. The SMILES string of the molecule is Cc1ccc2c(c1)S[C@@H](C(=O)NCc1ccccn1)C2. The molecule has 3 nitrogen and oxygen atoms in total. The smallest absolute Gasteiger partial charge is 0.234 e. The molecule has 0 spiro atoms. The van der Waals surface area contributed by atoms with E-state index in [1.165, 1.54) is 16.0 Å². The quantitative estimate of drug-likeness (QED) is 0.942. The molecule has 1 N–H and O–H groups in total. The van der Waals surface area contributed by atoms with E-state index in [0.29, 0.717) is 6.54 Å². The van der Waals surface area contributed by atoms with E-state index in [2.05, 4.69) is 35.4 Å². The zero-order valence-corrected chi connectivity index (χ0v) is 12.1. The van der Waals surface area contributed by atoms with Crippen LogP contribution in [0.4, 0.5) is 0 Å². The summed E-state index contributed by atoms with van der Waals surface area (Å²) in [6, 6.07) is 12.1. The van der Waals surface area contributed by atoms with Gasteiger partial charge in [-0.15, -0.1) is 11.8 Å². The number of fused-ring (bicyclic) bond motifs is 1. The number of aryl methyl sites for hydroxylation is 1. The lowest BCUT2D eigenvalue weighted by molar-refractivity contribution is -0.120. The van der Waals surface area contributed by atoms with E-state index >= 15 is 0 Å². The number of amides is 1. The first kappa shape index (κ1) is 13.2. The highest BCUT2D eigenvalue weighted by Gasteiger charge is 2.27. The fourth-order valence-electron chi connectivity index (χ4n) is 2.28. The van der Waals surface area contributed by atoms with Crippen LogP contribution < -0.4 is 5.32 Å². The molecule has 0 saturated carbocycles. The standard InChI is InChI=1S/C16H16N2OS/c1-11-5-6-12-9-15(20-14(12)8-11)16(19)18-10-13-4-2-3-7-17-13/h2-8,15H,9-10H2,1H3,(H,18,19)/t15-/m1/s1. The number of benzene rings is 1. The average Bonchev–Trinajstić information content (AvgIpc) is 2.89. The predicted octanol–water partition coefficient (Wildman–Crippen LogP) is 2.72. The fraction of sp³-hybridized carbons (Fsp3) is 0.250. The minimum Gasteiger partial charge on any atom is -0.349 e. The molecule has 3 rings (SSSR count). The molecular weight excluding hydrogens is 268 g/mol. The van der Waals surface area contributed by atoms with Crippen LogP contribution in [0.15, 0.2) is 47.5 Å².